The highest BCUT2D eigenvalue weighted by Gasteiger charge is 2.16. The van der Waals surface area contributed by atoms with Crippen molar-refractivity contribution in [3.8, 4) is 11.5 Å². The number of phenolic OH excluding ortho intramolecular Hbond substituents is 1. The van der Waals surface area contributed by atoms with Crippen molar-refractivity contribution < 1.29 is 14.6 Å². The minimum Gasteiger partial charge on any atom is -0.506 e. The molecule has 4 nitrogen and oxygen atoms in total. The molecule has 5 heteroatoms. The number of amides is 1. The monoisotopic (exact) mass is 305 g/mol. The number of halogens is 1. The first-order valence-electron chi connectivity index (χ1n) is 6.48. The van der Waals surface area contributed by atoms with Gasteiger partial charge in [-0.2, -0.15) is 0 Å². The molecule has 1 atom stereocenters. The topological polar surface area (TPSA) is 58.6 Å². The second kappa shape index (κ2) is 6.50. The van der Waals surface area contributed by atoms with Crippen LogP contribution in [0.1, 0.15) is 12.5 Å². The van der Waals surface area contributed by atoms with Crippen molar-refractivity contribution in [2.75, 3.05) is 5.32 Å². The van der Waals surface area contributed by atoms with E-state index < -0.39 is 6.10 Å². The molecule has 2 rings (SSSR count). The second-order valence-electron chi connectivity index (χ2n) is 4.72. The van der Waals surface area contributed by atoms with E-state index >= 15 is 0 Å². The highest BCUT2D eigenvalue weighted by Crippen LogP contribution is 2.26. The zero-order chi connectivity index (χ0) is 15.4. The van der Waals surface area contributed by atoms with E-state index in [9.17, 15) is 9.90 Å². The molecule has 0 aromatic heterocycles. The van der Waals surface area contributed by atoms with E-state index in [1.165, 1.54) is 12.1 Å². The fourth-order valence-electron chi connectivity index (χ4n) is 1.72. The first kappa shape index (κ1) is 15.2. The Morgan fingerprint density at radius 1 is 1.24 bits per heavy atom. The summed E-state index contributed by atoms with van der Waals surface area (Å²) in [5.74, 6) is 0.196. The zero-order valence-electron chi connectivity index (χ0n) is 11.8. The Bertz CT molecular complexity index is 640. The van der Waals surface area contributed by atoms with Crippen LogP contribution in [0.2, 0.25) is 5.02 Å². The summed E-state index contributed by atoms with van der Waals surface area (Å²) in [5.41, 5.74) is 1.37. The van der Waals surface area contributed by atoms with E-state index in [4.69, 9.17) is 16.3 Å². The lowest BCUT2D eigenvalue weighted by Gasteiger charge is -2.15. The molecule has 0 heterocycles. The Morgan fingerprint density at radius 2 is 1.90 bits per heavy atom. The highest BCUT2D eigenvalue weighted by atomic mass is 35.5. The van der Waals surface area contributed by atoms with Crippen LogP contribution in [-0.2, 0) is 4.79 Å². The van der Waals surface area contributed by atoms with Crippen molar-refractivity contribution in [1.29, 1.82) is 0 Å². The summed E-state index contributed by atoms with van der Waals surface area (Å²) < 4.78 is 5.55. The number of ether oxygens (including phenoxy) is 1. The Morgan fingerprint density at radius 3 is 2.57 bits per heavy atom. The fourth-order valence-corrected chi connectivity index (χ4v) is 1.89. The van der Waals surface area contributed by atoms with Crippen LogP contribution in [0.25, 0.3) is 0 Å². The van der Waals surface area contributed by atoms with E-state index in [0.29, 0.717) is 10.8 Å². The van der Waals surface area contributed by atoms with Crippen LogP contribution >= 0.6 is 11.6 Å². The number of carbonyl (C=O) groups excluding carboxylic acids is 1. The lowest BCUT2D eigenvalue weighted by Crippen LogP contribution is -2.30. The number of hydrogen-bond acceptors (Lipinski definition) is 3. The van der Waals surface area contributed by atoms with Gasteiger partial charge in [-0.1, -0.05) is 29.3 Å². The van der Waals surface area contributed by atoms with Gasteiger partial charge < -0.3 is 15.2 Å². The molecule has 0 aliphatic carbocycles. The average Bonchev–Trinajstić information content (AvgIpc) is 2.45. The number of aromatic hydroxyl groups is 1. The van der Waals surface area contributed by atoms with Gasteiger partial charge in [0.15, 0.2) is 6.10 Å². The van der Waals surface area contributed by atoms with Gasteiger partial charge in [-0.3, -0.25) is 4.79 Å². The van der Waals surface area contributed by atoms with Gasteiger partial charge in [-0.05, 0) is 44.2 Å². The third-order valence-corrected chi connectivity index (χ3v) is 3.15. The van der Waals surface area contributed by atoms with Crippen LogP contribution in [-0.4, -0.2) is 17.1 Å². The first-order chi connectivity index (χ1) is 9.95. The predicted octanol–water partition coefficient (Wildman–Crippen LogP) is 3.76. The second-order valence-corrected chi connectivity index (χ2v) is 5.16. The maximum atomic E-state index is 12.1. The molecule has 2 aromatic rings. The maximum absolute atomic E-state index is 12.1. The number of anilines is 1. The first-order valence-corrected chi connectivity index (χ1v) is 6.86. The third kappa shape index (κ3) is 4.13. The molecule has 0 fully saturated rings. The molecule has 2 N–H and O–H groups in total. The standard InChI is InChI=1S/C16H16ClNO3/c1-10-3-6-13(7-4-10)21-11(2)16(20)18-14-9-12(17)5-8-15(14)19/h3-9,11,19H,1-2H3,(H,18,20)/t11-/m1/s1. The summed E-state index contributed by atoms with van der Waals surface area (Å²) in [6.45, 7) is 3.61. The van der Waals surface area contributed by atoms with Crippen LogP contribution in [0, 0.1) is 6.92 Å². The van der Waals surface area contributed by atoms with Gasteiger partial charge in [-0.25, -0.2) is 0 Å². The number of benzene rings is 2. The Kier molecular flexibility index (Phi) is 4.70. The van der Waals surface area contributed by atoms with E-state index in [0.717, 1.165) is 5.56 Å². The predicted molar refractivity (Wildman–Crippen MR) is 83.0 cm³/mol. The summed E-state index contributed by atoms with van der Waals surface area (Å²) in [7, 11) is 0. The van der Waals surface area contributed by atoms with E-state index in [2.05, 4.69) is 5.32 Å². The number of nitrogens with one attached hydrogen (secondary N) is 1. The molecule has 110 valence electrons. The van der Waals surface area contributed by atoms with E-state index in [1.54, 1.807) is 25.1 Å². The van der Waals surface area contributed by atoms with Gasteiger partial charge in [0.1, 0.15) is 11.5 Å². The number of rotatable bonds is 4. The molecule has 0 saturated carbocycles. The van der Waals surface area contributed by atoms with Gasteiger partial charge in [0.05, 0.1) is 5.69 Å². The van der Waals surface area contributed by atoms with Crippen LogP contribution in [0.4, 0.5) is 5.69 Å². The van der Waals surface area contributed by atoms with Crippen molar-refractivity contribution in [2.24, 2.45) is 0 Å². The summed E-state index contributed by atoms with van der Waals surface area (Å²) >= 11 is 5.83. The Labute approximate surface area is 128 Å². The van der Waals surface area contributed by atoms with Gasteiger partial charge >= 0.3 is 0 Å². The molecule has 21 heavy (non-hydrogen) atoms. The molecule has 0 spiro atoms. The quantitative estimate of drug-likeness (QED) is 0.846. The minimum absolute atomic E-state index is 0.0460. The molecular formula is C16H16ClNO3. The van der Waals surface area contributed by atoms with Crippen molar-refractivity contribution in [3.63, 3.8) is 0 Å². The van der Waals surface area contributed by atoms with Crippen LogP contribution in [0.15, 0.2) is 42.5 Å². The maximum Gasteiger partial charge on any atom is 0.265 e. The van der Waals surface area contributed by atoms with E-state index in [-0.39, 0.29) is 17.3 Å². The van der Waals surface area contributed by atoms with Crippen molar-refractivity contribution in [3.05, 3.63) is 53.1 Å². The van der Waals surface area contributed by atoms with Crippen LogP contribution < -0.4 is 10.1 Å². The Balaban J connectivity index is 2.02. The van der Waals surface area contributed by atoms with Gasteiger partial charge in [0.2, 0.25) is 0 Å². The fraction of sp³-hybridized carbons (Fsp3) is 0.188. The van der Waals surface area contributed by atoms with Gasteiger partial charge in [0.25, 0.3) is 5.91 Å². The number of aryl methyl sites for hydroxylation is 1. The summed E-state index contributed by atoms with van der Waals surface area (Å²) in [5, 5.41) is 12.7. The van der Waals surface area contributed by atoms with Gasteiger partial charge in [-0.15, -0.1) is 0 Å². The average molecular weight is 306 g/mol. The molecule has 0 radical (unpaired) electrons. The largest absolute Gasteiger partial charge is 0.506 e. The van der Waals surface area contributed by atoms with Crippen LogP contribution in [0.5, 0.6) is 11.5 Å². The summed E-state index contributed by atoms with van der Waals surface area (Å²) in [4.78, 5) is 12.1. The minimum atomic E-state index is -0.703. The number of hydrogen-bond donors (Lipinski definition) is 2. The molecule has 0 unspecified atom stereocenters. The SMILES string of the molecule is Cc1ccc(O[C@H](C)C(=O)Nc2cc(Cl)ccc2O)cc1. The molecule has 0 saturated heterocycles. The van der Waals surface area contributed by atoms with Crippen LogP contribution in [0.3, 0.4) is 0 Å². The molecular weight excluding hydrogens is 290 g/mol. The lowest BCUT2D eigenvalue weighted by atomic mass is 10.2. The molecule has 0 aliphatic heterocycles. The van der Waals surface area contributed by atoms with Crippen molar-refractivity contribution >= 4 is 23.2 Å². The molecule has 1 amide bonds. The van der Waals surface area contributed by atoms with Gasteiger partial charge in [0, 0.05) is 5.02 Å². The highest BCUT2D eigenvalue weighted by molar-refractivity contribution is 6.31. The molecule has 0 aliphatic rings. The third-order valence-electron chi connectivity index (χ3n) is 2.92. The number of carbonyl (C=O) groups is 1. The molecule has 0 bridgehead atoms. The smallest absolute Gasteiger partial charge is 0.265 e. The van der Waals surface area contributed by atoms with Crippen molar-refractivity contribution in [2.45, 2.75) is 20.0 Å². The van der Waals surface area contributed by atoms with E-state index in [1.807, 2.05) is 19.1 Å². The Hall–Kier alpha value is -2.20. The summed E-state index contributed by atoms with van der Waals surface area (Å²) in [6.07, 6.45) is -0.703. The normalized spacial score (nSPS) is 11.8. The zero-order valence-corrected chi connectivity index (χ0v) is 12.5. The summed E-state index contributed by atoms with van der Waals surface area (Å²) in [6, 6.07) is 11.9. The molecule has 2 aromatic carbocycles. The van der Waals surface area contributed by atoms with Crippen molar-refractivity contribution in [1.82, 2.24) is 0 Å². The lowest BCUT2D eigenvalue weighted by molar-refractivity contribution is -0.122. The number of phenols is 1.